The highest BCUT2D eigenvalue weighted by molar-refractivity contribution is 6.30. The fourth-order valence-corrected chi connectivity index (χ4v) is 1.38. The quantitative estimate of drug-likeness (QED) is 0.785. The second-order valence-electron chi connectivity index (χ2n) is 2.98. The lowest BCUT2D eigenvalue weighted by Crippen LogP contribution is -1.94. The highest BCUT2D eigenvalue weighted by Crippen LogP contribution is 2.18. The maximum absolute atomic E-state index is 12.8. The van der Waals surface area contributed by atoms with Gasteiger partial charge in [-0.15, -0.1) is 0 Å². The van der Waals surface area contributed by atoms with Crippen LogP contribution in [-0.4, -0.2) is 4.98 Å². The summed E-state index contributed by atoms with van der Waals surface area (Å²) in [5, 5.41) is 3.57. The third-order valence-corrected chi connectivity index (χ3v) is 2.05. The van der Waals surface area contributed by atoms with Crippen LogP contribution in [0.4, 0.5) is 15.9 Å². The zero-order valence-electron chi connectivity index (χ0n) is 7.74. The molecule has 0 amide bonds. The van der Waals surface area contributed by atoms with Gasteiger partial charge in [0.15, 0.2) is 0 Å². The van der Waals surface area contributed by atoms with Crippen LogP contribution in [-0.2, 0) is 0 Å². The first-order valence-corrected chi connectivity index (χ1v) is 4.77. The first-order valence-electron chi connectivity index (χ1n) is 4.39. The molecule has 1 N–H and O–H groups in total. The number of aromatic nitrogens is 1. The van der Waals surface area contributed by atoms with Crippen LogP contribution in [0.2, 0.25) is 5.02 Å². The van der Waals surface area contributed by atoms with Gasteiger partial charge in [-0.25, -0.2) is 4.98 Å². The number of benzene rings is 1. The zero-order chi connectivity index (χ0) is 10.7. The largest absolute Gasteiger partial charge is 0.340 e. The Morgan fingerprint density at radius 3 is 2.67 bits per heavy atom. The first kappa shape index (κ1) is 9.93. The minimum Gasteiger partial charge on any atom is -0.340 e. The highest BCUT2D eigenvalue weighted by Gasteiger charge is 1.97. The van der Waals surface area contributed by atoms with E-state index in [4.69, 9.17) is 11.6 Å². The molecule has 0 bridgehead atoms. The van der Waals surface area contributed by atoms with Gasteiger partial charge in [-0.3, -0.25) is 0 Å². The number of nitrogens with one attached hydrogen (secondary N) is 1. The van der Waals surface area contributed by atoms with Gasteiger partial charge in [0.05, 0.1) is 0 Å². The first-order chi connectivity index (χ1) is 7.24. The van der Waals surface area contributed by atoms with Crippen molar-refractivity contribution in [1.82, 2.24) is 4.98 Å². The van der Waals surface area contributed by atoms with Crippen molar-refractivity contribution in [1.29, 1.82) is 0 Å². The molecule has 0 aliphatic rings. The van der Waals surface area contributed by atoms with E-state index < -0.39 is 5.95 Å². The lowest BCUT2D eigenvalue weighted by molar-refractivity contribution is 0.585. The van der Waals surface area contributed by atoms with Gasteiger partial charge in [0.1, 0.15) is 5.82 Å². The number of hydrogen-bond acceptors (Lipinski definition) is 2. The van der Waals surface area contributed by atoms with Crippen LogP contribution >= 0.6 is 11.6 Å². The molecule has 1 heterocycles. The van der Waals surface area contributed by atoms with Crippen LogP contribution < -0.4 is 5.32 Å². The van der Waals surface area contributed by atoms with Crippen LogP contribution in [0.25, 0.3) is 0 Å². The summed E-state index contributed by atoms with van der Waals surface area (Å²) in [5.41, 5.74) is 0.778. The molecule has 76 valence electrons. The zero-order valence-corrected chi connectivity index (χ0v) is 8.50. The number of halogens is 2. The Morgan fingerprint density at radius 1 is 1.13 bits per heavy atom. The van der Waals surface area contributed by atoms with Crippen LogP contribution in [0.3, 0.4) is 0 Å². The third-order valence-electron chi connectivity index (χ3n) is 1.81. The minimum atomic E-state index is -0.512. The summed E-state index contributed by atoms with van der Waals surface area (Å²) in [5.74, 6) is -0.0562. The second kappa shape index (κ2) is 4.28. The average molecular weight is 223 g/mol. The smallest absolute Gasteiger partial charge is 0.214 e. The van der Waals surface area contributed by atoms with Gasteiger partial charge in [-0.2, -0.15) is 4.39 Å². The predicted octanol–water partition coefficient (Wildman–Crippen LogP) is 3.62. The maximum Gasteiger partial charge on any atom is 0.214 e. The summed E-state index contributed by atoms with van der Waals surface area (Å²) in [6, 6.07) is 11.7. The summed E-state index contributed by atoms with van der Waals surface area (Å²) in [4.78, 5) is 3.68. The Bertz CT molecular complexity index is 430. The standard InChI is InChI=1S/C11H8ClFN2/c12-8-3-1-4-9(7-8)14-11-6-2-5-10(13)15-11/h1-7H,(H,14,15). The van der Waals surface area contributed by atoms with E-state index in [0.29, 0.717) is 10.8 Å². The van der Waals surface area contributed by atoms with Gasteiger partial charge in [0, 0.05) is 10.7 Å². The summed E-state index contributed by atoms with van der Waals surface area (Å²) in [6.07, 6.45) is 0. The van der Waals surface area contributed by atoms with Gasteiger partial charge in [-0.1, -0.05) is 23.7 Å². The van der Waals surface area contributed by atoms with E-state index in [0.717, 1.165) is 5.69 Å². The van der Waals surface area contributed by atoms with Crippen molar-refractivity contribution in [2.24, 2.45) is 0 Å². The van der Waals surface area contributed by atoms with Crippen LogP contribution in [0.1, 0.15) is 0 Å². The number of pyridine rings is 1. The molecule has 2 nitrogen and oxygen atoms in total. The molecule has 0 atom stereocenters. The van der Waals surface area contributed by atoms with Crippen molar-refractivity contribution in [2.45, 2.75) is 0 Å². The van der Waals surface area contributed by atoms with E-state index in [1.54, 1.807) is 24.3 Å². The van der Waals surface area contributed by atoms with Crippen molar-refractivity contribution >= 4 is 23.1 Å². The SMILES string of the molecule is Fc1cccc(Nc2cccc(Cl)c2)n1. The number of anilines is 2. The van der Waals surface area contributed by atoms with Crippen LogP contribution in [0.5, 0.6) is 0 Å². The third kappa shape index (κ3) is 2.67. The van der Waals surface area contributed by atoms with E-state index in [2.05, 4.69) is 10.3 Å². The van der Waals surface area contributed by atoms with Crippen molar-refractivity contribution in [2.75, 3.05) is 5.32 Å². The number of rotatable bonds is 2. The lowest BCUT2D eigenvalue weighted by atomic mass is 10.3. The van der Waals surface area contributed by atoms with Crippen molar-refractivity contribution in [3.8, 4) is 0 Å². The number of nitrogens with zero attached hydrogens (tertiary/aromatic N) is 1. The average Bonchev–Trinajstić information content (AvgIpc) is 2.17. The summed E-state index contributed by atoms with van der Waals surface area (Å²) >= 11 is 5.81. The lowest BCUT2D eigenvalue weighted by Gasteiger charge is -2.05. The molecular formula is C11H8ClFN2. The topological polar surface area (TPSA) is 24.9 Å². The Morgan fingerprint density at radius 2 is 1.93 bits per heavy atom. The van der Waals surface area contributed by atoms with Gasteiger partial charge in [-0.05, 0) is 30.3 Å². The maximum atomic E-state index is 12.8. The molecule has 0 unspecified atom stereocenters. The fourth-order valence-electron chi connectivity index (χ4n) is 1.19. The molecule has 0 aliphatic heterocycles. The van der Waals surface area contributed by atoms with Crippen molar-refractivity contribution in [3.05, 3.63) is 53.4 Å². The Kier molecular flexibility index (Phi) is 2.83. The summed E-state index contributed by atoms with van der Waals surface area (Å²) in [7, 11) is 0. The molecule has 0 fully saturated rings. The van der Waals surface area contributed by atoms with Crippen molar-refractivity contribution in [3.63, 3.8) is 0 Å². The summed E-state index contributed by atoms with van der Waals surface area (Å²) in [6.45, 7) is 0. The minimum absolute atomic E-state index is 0.456. The molecule has 2 aromatic rings. The molecule has 15 heavy (non-hydrogen) atoms. The van der Waals surface area contributed by atoms with Crippen LogP contribution in [0, 0.1) is 5.95 Å². The monoisotopic (exact) mass is 222 g/mol. The Labute approximate surface area is 91.7 Å². The Balaban J connectivity index is 2.22. The molecule has 0 saturated carbocycles. The van der Waals surface area contributed by atoms with Crippen molar-refractivity contribution < 1.29 is 4.39 Å². The van der Waals surface area contributed by atoms with Gasteiger partial charge in [0.25, 0.3) is 0 Å². The van der Waals surface area contributed by atoms with E-state index in [-0.39, 0.29) is 0 Å². The molecular weight excluding hydrogens is 215 g/mol. The van der Waals surface area contributed by atoms with Gasteiger partial charge in [0.2, 0.25) is 5.95 Å². The Hall–Kier alpha value is -1.61. The normalized spacial score (nSPS) is 10.0. The number of hydrogen-bond donors (Lipinski definition) is 1. The van der Waals surface area contributed by atoms with E-state index in [1.807, 2.05) is 12.1 Å². The molecule has 0 radical (unpaired) electrons. The van der Waals surface area contributed by atoms with E-state index >= 15 is 0 Å². The van der Waals surface area contributed by atoms with Gasteiger partial charge >= 0.3 is 0 Å². The predicted molar refractivity (Wildman–Crippen MR) is 58.9 cm³/mol. The summed E-state index contributed by atoms with van der Waals surface area (Å²) < 4.78 is 12.8. The second-order valence-corrected chi connectivity index (χ2v) is 3.42. The van der Waals surface area contributed by atoms with Crippen LogP contribution in [0.15, 0.2) is 42.5 Å². The molecule has 1 aromatic heterocycles. The molecule has 0 aliphatic carbocycles. The molecule has 0 saturated heterocycles. The fraction of sp³-hybridized carbons (Fsp3) is 0. The molecule has 1 aromatic carbocycles. The van der Waals surface area contributed by atoms with Gasteiger partial charge < -0.3 is 5.32 Å². The molecule has 0 spiro atoms. The van der Waals surface area contributed by atoms with E-state index in [1.165, 1.54) is 6.07 Å². The molecule has 4 heteroatoms. The molecule has 2 rings (SSSR count). The highest BCUT2D eigenvalue weighted by atomic mass is 35.5. The van der Waals surface area contributed by atoms with E-state index in [9.17, 15) is 4.39 Å².